The maximum Gasteiger partial charge on any atom is 0.271 e. The molecule has 0 aliphatic heterocycles. The van der Waals surface area contributed by atoms with Gasteiger partial charge in [0.1, 0.15) is 18.3 Å². The van der Waals surface area contributed by atoms with Gasteiger partial charge in [0.2, 0.25) is 0 Å². The molecule has 0 fully saturated rings. The van der Waals surface area contributed by atoms with Crippen LogP contribution in [0.2, 0.25) is 0 Å². The number of aliphatic hydroxyl groups excluding tert-OH is 4. The van der Waals surface area contributed by atoms with E-state index in [4.69, 9.17) is 5.11 Å². The van der Waals surface area contributed by atoms with Gasteiger partial charge in [-0.25, -0.2) is 5.43 Å². The van der Waals surface area contributed by atoms with Gasteiger partial charge in [-0.15, -0.1) is 0 Å². The summed E-state index contributed by atoms with van der Waals surface area (Å²) in [6.07, 6.45) is -4.96. The van der Waals surface area contributed by atoms with Crippen molar-refractivity contribution in [3.05, 3.63) is 35.9 Å². The fourth-order valence-corrected chi connectivity index (χ4v) is 1.40. The van der Waals surface area contributed by atoms with Gasteiger partial charge in [-0.2, -0.15) is 5.10 Å². The summed E-state index contributed by atoms with van der Waals surface area (Å²) in [5.41, 5.74) is 2.56. The summed E-state index contributed by atoms with van der Waals surface area (Å²) in [6, 6.07) is 8.32. The average Bonchev–Trinajstić information content (AvgIpc) is 2.46. The minimum Gasteiger partial charge on any atom is -0.391 e. The Kier molecular flexibility index (Phi) is 6.26. The number of amides is 1. The molecule has 0 saturated carbocycles. The molecule has 0 unspecified atom stereocenters. The summed E-state index contributed by atoms with van der Waals surface area (Å²) in [5, 5.41) is 40.9. The number of carbonyl (C=O) groups excluding carboxylic acids is 1. The first-order chi connectivity index (χ1) is 9.43. The molecule has 0 saturated heterocycles. The van der Waals surface area contributed by atoms with E-state index in [1.807, 2.05) is 0 Å². The Bertz CT molecular complexity index is 449. The Morgan fingerprint density at radius 2 is 1.75 bits per heavy atom. The lowest BCUT2D eigenvalue weighted by molar-refractivity contribution is -0.0821. The van der Waals surface area contributed by atoms with E-state index in [1.165, 1.54) is 6.92 Å². The number of nitrogens with one attached hydrogen (secondary N) is 1. The van der Waals surface area contributed by atoms with Crippen LogP contribution in [0.5, 0.6) is 0 Å². The quantitative estimate of drug-likeness (QED) is 0.334. The molecule has 0 aromatic heterocycles. The number of rotatable bonds is 6. The van der Waals surface area contributed by atoms with Crippen LogP contribution >= 0.6 is 0 Å². The Morgan fingerprint density at radius 3 is 2.30 bits per heavy atom. The minimum atomic E-state index is -1.60. The Labute approximate surface area is 116 Å². The molecule has 0 bridgehead atoms. The topological polar surface area (TPSA) is 122 Å². The van der Waals surface area contributed by atoms with Crippen LogP contribution in [0, 0.1) is 0 Å². The first-order valence-corrected chi connectivity index (χ1v) is 6.04. The molecule has 1 rings (SSSR count). The molecule has 0 radical (unpaired) electrons. The Hall–Kier alpha value is -1.80. The lowest BCUT2D eigenvalue weighted by atomic mass is 10.1. The fourth-order valence-electron chi connectivity index (χ4n) is 1.40. The lowest BCUT2D eigenvalue weighted by Crippen LogP contribution is -2.44. The highest BCUT2D eigenvalue weighted by Crippen LogP contribution is 2.03. The summed E-state index contributed by atoms with van der Waals surface area (Å²) in [5.74, 6) is -0.473. The van der Waals surface area contributed by atoms with Crippen LogP contribution < -0.4 is 5.43 Å². The molecule has 4 atom stereocenters. The molecule has 0 heterocycles. The molecule has 5 N–H and O–H groups in total. The van der Waals surface area contributed by atoms with E-state index in [2.05, 4.69) is 10.5 Å². The van der Waals surface area contributed by atoms with E-state index >= 15 is 0 Å². The van der Waals surface area contributed by atoms with Gasteiger partial charge in [-0.05, 0) is 19.1 Å². The number of nitrogens with zero attached hydrogens (tertiary/aromatic N) is 1. The molecule has 0 aliphatic carbocycles. The van der Waals surface area contributed by atoms with Crippen molar-refractivity contribution in [1.29, 1.82) is 0 Å². The van der Waals surface area contributed by atoms with E-state index in [1.54, 1.807) is 30.3 Å². The third-order valence-corrected chi connectivity index (χ3v) is 2.62. The van der Waals surface area contributed by atoms with Crippen molar-refractivity contribution in [3.8, 4) is 0 Å². The molecule has 7 heteroatoms. The van der Waals surface area contributed by atoms with Crippen molar-refractivity contribution >= 4 is 12.1 Å². The van der Waals surface area contributed by atoms with Gasteiger partial charge in [0, 0.05) is 5.56 Å². The first-order valence-electron chi connectivity index (χ1n) is 6.04. The number of benzene rings is 1. The van der Waals surface area contributed by atoms with Gasteiger partial charge in [0.15, 0.2) is 0 Å². The Morgan fingerprint density at radius 1 is 1.15 bits per heavy atom. The molecule has 20 heavy (non-hydrogen) atoms. The van der Waals surface area contributed by atoms with Gasteiger partial charge < -0.3 is 20.4 Å². The zero-order valence-electron chi connectivity index (χ0n) is 10.9. The molecule has 7 nitrogen and oxygen atoms in total. The third kappa shape index (κ3) is 4.71. The molecule has 1 amide bonds. The van der Waals surface area contributed by atoms with Crippen molar-refractivity contribution in [3.63, 3.8) is 0 Å². The maximum absolute atomic E-state index is 11.6. The van der Waals surface area contributed by atoms with E-state index < -0.39 is 30.3 Å². The first kappa shape index (κ1) is 16.3. The zero-order valence-corrected chi connectivity index (χ0v) is 10.9. The highest BCUT2D eigenvalue weighted by molar-refractivity contribution is 5.94. The number of aliphatic hydroxyl groups is 4. The van der Waals surface area contributed by atoms with Crippen molar-refractivity contribution in [2.75, 3.05) is 0 Å². The van der Waals surface area contributed by atoms with Crippen LogP contribution in [0.1, 0.15) is 17.3 Å². The number of hydrazone groups is 1. The second-order valence-corrected chi connectivity index (χ2v) is 4.30. The molecule has 1 aromatic rings. The second-order valence-electron chi connectivity index (χ2n) is 4.30. The minimum absolute atomic E-state index is 0.392. The van der Waals surface area contributed by atoms with E-state index in [0.717, 1.165) is 6.21 Å². The summed E-state index contributed by atoms with van der Waals surface area (Å²) >= 11 is 0. The van der Waals surface area contributed by atoms with Gasteiger partial charge >= 0.3 is 0 Å². The van der Waals surface area contributed by atoms with Crippen LogP contribution in [0.4, 0.5) is 0 Å². The van der Waals surface area contributed by atoms with Crippen LogP contribution in [0.25, 0.3) is 0 Å². The van der Waals surface area contributed by atoms with Crippen molar-refractivity contribution < 1.29 is 25.2 Å². The second kappa shape index (κ2) is 7.71. The average molecular weight is 282 g/mol. The van der Waals surface area contributed by atoms with Crippen LogP contribution in [0.3, 0.4) is 0 Å². The van der Waals surface area contributed by atoms with Crippen LogP contribution in [0.15, 0.2) is 35.4 Å². The highest BCUT2D eigenvalue weighted by atomic mass is 16.4. The molecule has 0 spiro atoms. The van der Waals surface area contributed by atoms with Crippen molar-refractivity contribution in [2.45, 2.75) is 31.3 Å². The van der Waals surface area contributed by atoms with Gasteiger partial charge in [0.05, 0.1) is 12.3 Å². The van der Waals surface area contributed by atoms with Crippen LogP contribution in [-0.4, -0.2) is 57.0 Å². The van der Waals surface area contributed by atoms with E-state index in [0.29, 0.717) is 5.56 Å². The Balaban J connectivity index is 2.50. The molecule has 0 aliphatic rings. The van der Waals surface area contributed by atoms with Gasteiger partial charge in [-0.1, -0.05) is 18.2 Å². The van der Waals surface area contributed by atoms with Gasteiger partial charge in [0.25, 0.3) is 5.91 Å². The zero-order chi connectivity index (χ0) is 15.1. The van der Waals surface area contributed by atoms with Crippen molar-refractivity contribution in [2.24, 2.45) is 5.10 Å². The maximum atomic E-state index is 11.6. The highest BCUT2D eigenvalue weighted by Gasteiger charge is 2.26. The van der Waals surface area contributed by atoms with Crippen LogP contribution in [-0.2, 0) is 0 Å². The standard InChI is InChI=1S/C13H18N2O5/c1-8(16)11(18)12(19)10(17)7-14-15-13(20)9-5-3-2-4-6-9/h2-8,10-12,16-19H,1H3,(H,15,20)/b14-7-/t8-,10-,11-,12+/m0/s1. The summed E-state index contributed by atoms with van der Waals surface area (Å²) in [7, 11) is 0. The summed E-state index contributed by atoms with van der Waals surface area (Å²) in [6.45, 7) is 1.27. The largest absolute Gasteiger partial charge is 0.391 e. The smallest absolute Gasteiger partial charge is 0.271 e. The SMILES string of the molecule is C[C@H](O)[C@H](O)[C@H](O)[C@@H](O)/C=N\NC(=O)c1ccccc1. The molecule has 1 aromatic carbocycles. The normalized spacial score (nSPS) is 17.4. The summed E-state index contributed by atoms with van der Waals surface area (Å²) < 4.78 is 0. The number of hydrogen-bond acceptors (Lipinski definition) is 6. The van der Waals surface area contributed by atoms with E-state index in [-0.39, 0.29) is 0 Å². The monoisotopic (exact) mass is 282 g/mol. The predicted molar refractivity (Wildman–Crippen MR) is 72.1 cm³/mol. The molecular formula is C13H18N2O5. The third-order valence-electron chi connectivity index (χ3n) is 2.62. The molecular weight excluding hydrogens is 264 g/mol. The molecule has 110 valence electrons. The van der Waals surface area contributed by atoms with Gasteiger partial charge in [-0.3, -0.25) is 4.79 Å². The van der Waals surface area contributed by atoms with Crippen molar-refractivity contribution in [1.82, 2.24) is 5.43 Å². The lowest BCUT2D eigenvalue weighted by Gasteiger charge is -2.22. The van der Waals surface area contributed by atoms with E-state index in [9.17, 15) is 20.1 Å². The number of hydrogen-bond donors (Lipinski definition) is 5. The predicted octanol–water partition coefficient (Wildman–Crippen LogP) is -1.13. The number of carbonyl (C=O) groups is 1. The summed E-state index contributed by atoms with van der Waals surface area (Å²) in [4.78, 5) is 11.6. The fraction of sp³-hybridized carbons (Fsp3) is 0.385.